The van der Waals surface area contributed by atoms with Gasteiger partial charge in [-0.15, -0.1) is 0 Å². The number of alkyl halides is 3. The molecular formula is C13H12F4O2. The first-order chi connectivity index (χ1) is 8.89. The molecule has 0 amide bonds. The third-order valence-electron chi connectivity index (χ3n) is 3.09. The maximum Gasteiger partial charge on any atom is 0.419 e. The van der Waals surface area contributed by atoms with E-state index >= 15 is 0 Å². The molecule has 2 nitrogen and oxygen atoms in total. The second-order valence-electron chi connectivity index (χ2n) is 4.47. The largest absolute Gasteiger partial charge is 0.419 e. The van der Waals surface area contributed by atoms with E-state index in [4.69, 9.17) is 4.74 Å². The van der Waals surface area contributed by atoms with Crippen LogP contribution in [0.15, 0.2) is 18.2 Å². The summed E-state index contributed by atoms with van der Waals surface area (Å²) >= 11 is 0. The Hall–Kier alpha value is -1.43. The molecule has 1 aliphatic heterocycles. The van der Waals surface area contributed by atoms with Crippen molar-refractivity contribution in [2.24, 2.45) is 5.92 Å². The van der Waals surface area contributed by atoms with E-state index in [-0.39, 0.29) is 18.0 Å². The minimum absolute atomic E-state index is 0.0407. The Morgan fingerprint density at radius 3 is 2.58 bits per heavy atom. The van der Waals surface area contributed by atoms with Gasteiger partial charge in [-0.1, -0.05) is 6.07 Å². The lowest BCUT2D eigenvalue weighted by Crippen LogP contribution is -2.25. The van der Waals surface area contributed by atoms with Gasteiger partial charge in [0.25, 0.3) is 0 Å². The van der Waals surface area contributed by atoms with Gasteiger partial charge in [-0.2, -0.15) is 13.2 Å². The summed E-state index contributed by atoms with van der Waals surface area (Å²) in [5.74, 6) is -2.19. The Balaban J connectivity index is 2.22. The average Bonchev–Trinajstić information content (AvgIpc) is 2.37. The van der Waals surface area contributed by atoms with Crippen molar-refractivity contribution in [2.75, 3.05) is 13.2 Å². The molecule has 19 heavy (non-hydrogen) atoms. The molecule has 0 spiro atoms. The molecular weight excluding hydrogens is 264 g/mol. The molecule has 2 rings (SSSR count). The van der Waals surface area contributed by atoms with E-state index < -0.39 is 23.5 Å². The Labute approximate surface area is 107 Å². The topological polar surface area (TPSA) is 26.3 Å². The van der Waals surface area contributed by atoms with Crippen LogP contribution in [0.25, 0.3) is 0 Å². The number of benzene rings is 1. The van der Waals surface area contributed by atoms with E-state index in [0.717, 1.165) is 12.5 Å². The van der Waals surface area contributed by atoms with E-state index in [2.05, 4.69) is 0 Å². The van der Waals surface area contributed by atoms with Gasteiger partial charge in [0.2, 0.25) is 0 Å². The molecule has 1 aromatic carbocycles. The van der Waals surface area contributed by atoms with Gasteiger partial charge in [-0.05, 0) is 25.0 Å². The first-order valence-electron chi connectivity index (χ1n) is 5.88. The normalized spacial score (nSPS) is 20.3. The second kappa shape index (κ2) is 5.28. The fraction of sp³-hybridized carbons (Fsp3) is 0.462. The van der Waals surface area contributed by atoms with Crippen LogP contribution in [0.3, 0.4) is 0 Å². The molecule has 1 unspecified atom stereocenters. The maximum atomic E-state index is 13.4. The van der Waals surface area contributed by atoms with Crippen molar-refractivity contribution in [1.29, 1.82) is 0 Å². The predicted molar refractivity (Wildman–Crippen MR) is 59.3 cm³/mol. The van der Waals surface area contributed by atoms with Gasteiger partial charge in [0.15, 0.2) is 5.78 Å². The number of ketones is 1. The lowest BCUT2D eigenvalue weighted by molar-refractivity contribution is -0.140. The van der Waals surface area contributed by atoms with Crippen LogP contribution in [-0.4, -0.2) is 19.0 Å². The molecule has 104 valence electrons. The van der Waals surface area contributed by atoms with Crippen LogP contribution in [0.4, 0.5) is 17.6 Å². The maximum absolute atomic E-state index is 13.4. The zero-order valence-corrected chi connectivity index (χ0v) is 9.97. The SMILES string of the molecule is O=C(c1ccc(C(F)(F)F)c(F)c1)C1CCCOC1. The summed E-state index contributed by atoms with van der Waals surface area (Å²) < 4.78 is 55.7. The molecule has 1 atom stereocenters. The number of hydrogen-bond acceptors (Lipinski definition) is 2. The number of halogens is 4. The highest BCUT2D eigenvalue weighted by Gasteiger charge is 2.34. The van der Waals surface area contributed by atoms with Crippen molar-refractivity contribution < 1.29 is 27.1 Å². The van der Waals surface area contributed by atoms with Crippen LogP contribution in [0.5, 0.6) is 0 Å². The van der Waals surface area contributed by atoms with Crippen molar-refractivity contribution in [3.8, 4) is 0 Å². The molecule has 1 aliphatic rings. The molecule has 0 aromatic heterocycles. The number of carbonyl (C=O) groups is 1. The van der Waals surface area contributed by atoms with Crippen LogP contribution in [0.1, 0.15) is 28.8 Å². The summed E-state index contributed by atoms with van der Waals surface area (Å²) in [6.45, 7) is 0.812. The Kier molecular flexibility index (Phi) is 3.89. The van der Waals surface area contributed by atoms with Crippen molar-refractivity contribution in [1.82, 2.24) is 0 Å². The molecule has 1 saturated heterocycles. The number of carbonyl (C=O) groups excluding carboxylic acids is 1. The molecule has 0 saturated carbocycles. The quantitative estimate of drug-likeness (QED) is 0.611. The number of ether oxygens (including phenoxy) is 1. The molecule has 6 heteroatoms. The Morgan fingerprint density at radius 1 is 1.32 bits per heavy atom. The van der Waals surface area contributed by atoms with Gasteiger partial charge < -0.3 is 4.74 Å². The lowest BCUT2D eigenvalue weighted by Gasteiger charge is -2.21. The van der Waals surface area contributed by atoms with Crippen molar-refractivity contribution in [3.63, 3.8) is 0 Å². The molecule has 1 heterocycles. The lowest BCUT2D eigenvalue weighted by atomic mass is 9.92. The third-order valence-corrected chi connectivity index (χ3v) is 3.09. The number of rotatable bonds is 2. The van der Waals surface area contributed by atoms with Crippen LogP contribution in [-0.2, 0) is 10.9 Å². The standard InChI is InChI=1S/C13H12F4O2/c14-11-6-8(3-4-10(11)13(15,16)17)12(18)9-2-1-5-19-7-9/h3-4,6,9H,1-2,5,7H2. The highest BCUT2D eigenvalue weighted by atomic mass is 19.4. The molecule has 0 radical (unpaired) electrons. The van der Waals surface area contributed by atoms with E-state index in [9.17, 15) is 22.4 Å². The van der Waals surface area contributed by atoms with Crippen molar-refractivity contribution in [2.45, 2.75) is 19.0 Å². The monoisotopic (exact) mass is 276 g/mol. The van der Waals surface area contributed by atoms with Crippen LogP contribution >= 0.6 is 0 Å². The molecule has 0 bridgehead atoms. The first-order valence-corrected chi connectivity index (χ1v) is 5.88. The predicted octanol–water partition coefficient (Wildman–Crippen LogP) is 3.45. The summed E-state index contributed by atoms with van der Waals surface area (Å²) in [6.07, 6.45) is -3.42. The van der Waals surface area contributed by atoms with E-state index in [0.29, 0.717) is 25.2 Å². The number of hydrogen-bond donors (Lipinski definition) is 0. The van der Waals surface area contributed by atoms with Gasteiger partial charge >= 0.3 is 6.18 Å². The Bertz CT molecular complexity index is 476. The van der Waals surface area contributed by atoms with Gasteiger partial charge in [-0.25, -0.2) is 4.39 Å². The fourth-order valence-corrected chi connectivity index (χ4v) is 2.08. The summed E-state index contributed by atoms with van der Waals surface area (Å²) in [6, 6.07) is 2.27. The third kappa shape index (κ3) is 3.12. The van der Waals surface area contributed by atoms with E-state index in [1.54, 1.807) is 0 Å². The molecule has 0 N–H and O–H groups in total. The zero-order valence-electron chi connectivity index (χ0n) is 9.97. The van der Waals surface area contributed by atoms with E-state index in [1.165, 1.54) is 0 Å². The average molecular weight is 276 g/mol. The minimum Gasteiger partial charge on any atom is -0.381 e. The second-order valence-corrected chi connectivity index (χ2v) is 4.47. The smallest absolute Gasteiger partial charge is 0.381 e. The summed E-state index contributed by atoms with van der Waals surface area (Å²) in [5, 5.41) is 0. The summed E-state index contributed by atoms with van der Waals surface area (Å²) in [4.78, 5) is 12.0. The summed E-state index contributed by atoms with van der Waals surface area (Å²) in [5.41, 5.74) is -1.40. The van der Waals surface area contributed by atoms with Crippen LogP contribution in [0.2, 0.25) is 0 Å². The molecule has 0 aliphatic carbocycles. The van der Waals surface area contributed by atoms with Crippen LogP contribution in [0, 0.1) is 11.7 Å². The van der Waals surface area contributed by atoms with Crippen LogP contribution < -0.4 is 0 Å². The van der Waals surface area contributed by atoms with Crippen molar-refractivity contribution in [3.05, 3.63) is 35.1 Å². The van der Waals surface area contributed by atoms with Gasteiger partial charge in [0.05, 0.1) is 12.2 Å². The summed E-state index contributed by atoms with van der Waals surface area (Å²) in [7, 11) is 0. The highest BCUT2D eigenvalue weighted by molar-refractivity contribution is 5.98. The Morgan fingerprint density at radius 2 is 2.05 bits per heavy atom. The molecule has 1 aromatic rings. The minimum atomic E-state index is -4.75. The van der Waals surface area contributed by atoms with Gasteiger partial charge in [0, 0.05) is 18.1 Å². The van der Waals surface area contributed by atoms with Crippen molar-refractivity contribution >= 4 is 5.78 Å². The van der Waals surface area contributed by atoms with Gasteiger partial charge in [0.1, 0.15) is 5.82 Å². The highest BCUT2D eigenvalue weighted by Crippen LogP contribution is 2.32. The number of Topliss-reactive ketones (excluding diaryl/α,β-unsaturated/α-hetero) is 1. The van der Waals surface area contributed by atoms with E-state index in [1.807, 2.05) is 0 Å². The fourth-order valence-electron chi connectivity index (χ4n) is 2.08. The van der Waals surface area contributed by atoms with Gasteiger partial charge in [-0.3, -0.25) is 4.79 Å². The zero-order chi connectivity index (χ0) is 14.0. The first kappa shape index (κ1) is 14.0. The molecule has 1 fully saturated rings.